The number of aliphatic hydroxyl groups is 1. The van der Waals surface area contributed by atoms with E-state index in [2.05, 4.69) is 5.32 Å². The molecule has 0 spiro atoms. The van der Waals surface area contributed by atoms with Crippen LogP contribution in [0.2, 0.25) is 0 Å². The third-order valence-electron chi connectivity index (χ3n) is 3.33. The molecule has 140 valence electrons. The van der Waals surface area contributed by atoms with Gasteiger partial charge in [0, 0.05) is 12.6 Å². The van der Waals surface area contributed by atoms with Gasteiger partial charge in [-0.1, -0.05) is 0 Å². The number of ether oxygens (including phenoxy) is 2. The number of hydrogen-bond acceptors (Lipinski definition) is 6. The van der Waals surface area contributed by atoms with E-state index in [1.54, 1.807) is 60.7 Å². The van der Waals surface area contributed by atoms with Crippen LogP contribution in [-0.2, 0) is 9.59 Å². The molecule has 0 saturated heterocycles. The molecule has 0 saturated carbocycles. The lowest BCUT2D eigenvalue weighted by Gasteiger charge is -2.20. The van der Waals surface area contributed by atoms with Gasteiger partial charge < -0.3 is 19.9 Å². The average molecular weight is 351 g/mol. The van der Waals surface area contributed by atoms with Crippen LogP contribution in [0.5, 0.6) is 11.5 Å². The third kappa shape index (κ3) is 6.48. The first-order valence-corrected chi connectivity index (χ1v) is 8.27. The molecule has 6 nitrogen and oxygen atoms in total. The highest BCUT2D eigenvalue weighted by atomic mass is 16.5. The van der Waals surface area contributed by atoms with E-state index in [-0.39, 0.29) is 11.5 Å². The molecule has 0 bridgehead atoms. The summed E-state index contributed by atoms with van der Waals surface area (Å²) in [6.07, 6.45) is -0.828. The first-order chi connectivity index (χ1) is 11.3. The largest absolute Gasteiger partial charge is 0.426 e. The summed E-state index contributed by atoms with van der Waals surface area (Å²) in [5.41, 5.74) is -0.866. The summed E-state index contributed by atoms with van der Waals surface area (Å²) >= 11 is 0. The van der Waals surface area contributed by atoms with Crippen LogP contribution in [0.3, 0.4) is 0 Å². The molecule has 0 fully saturated rings. The lowest BCUT2D eigenvalue weighted by atomic mass is 9.97. The zero-order valence-corrected chi connectivity index (χ0v) is 16.1. The lowest BCUT2D eigenvalue weighted by molar-refractivity contribution is -0.143. The zero-order valence-electron chi connectivity index (χ0n) is 16.1. The van der Waals surface area contributed by atoms with Gasteiger partial charge in [0.15, 0.2) is 0 Å². The average Bonchev–Trinajstić information content (AvgIpc) is 2.45. The first kappa shape index (κ1) is 21.1. The molecule has 1 aromatic carbocycles. The standard InChI is InChI=1S/C19H29NO5/c1-18(2,3)16(22)24-13-8-12(15(21)11-20-7)9-14(10-13)25-17(23)19(4,5)6/h8-10,15,20-21H,11H2,1-7H3. The Kier molecular flexibility index (Phi) is 6.74. The normalized spacial score (nSPS) is 13.3. The number of benzene rings is 1. The Bertz CT molecular complexity index is 579. The van der Waals surface area contributed by atoms with Crippen molar-refractivity contribution < 1.29 is 24.2 Å². The van der Waals surface area contributed by atoms with Crippen molar-refractivity contribution >= 4 is 11.9 Å². The number of likely N-dealkylation sites (N-methyl/N-ethyl adjacent to an activating group) is 1. The maximum absolute atomic E-state index is 12.1. The zero-order chi connectivity index (χ0) is 19.4. The van der Waals surface area contributed by atoms with E-state index in [1.165, 1.54) is 6.07 Å². The Balaban J connectivity index is 3.19. The smallest absolute Gasteiger partial charge is 0.316 e. The molecular weight excluding hydrogens is 322 g/mol. The van der Waals surface area contributed by atoms with Gasteiger partial charge in [0.1, 0.15) is 11.5 Å². The van der Waals surface area contributed by atoms with Gasteiger partial charge in [0.25, 0.3) is 0 Å². The highest BCUT2D eigenvalue weighted by molar-refractivity contribution is 5.79. The number of hydrogen-bond donors (Lipinski definition) is 2. The van der Waals surface area contributed by atoms with Gasteiger partial charge in [-0.05, 0) is 66.3 Å². The molecule has 1 aromatic rings. The molecule has 0 aliphatic heterocycles. The molecule has 1 unspecified atom stereocenters. The quantitative estimate of drug-likeness (QED) is 0.627. The molecule has 0 radical (unpaired) electrons. The van der Waals surface area contributed by atoms with Crippen molar-refractivity contribution in [1.29, 1.82) is 0 Å². The molecule has 6 heteroatoms. The van der Waals surface area contributed by atoms with Crippen LogP contribution in [0.15, 0.2) is 18.2 Å². The van der Waals surface area contributed by atoms with Gasteiger partial charge in [0.05, 0.1) is 16.9 Å². The van der Waals surface area contributed by atoms with Crippen LogP contribution in [0.25, 0.3) is 0 Å². The highest BCUT2D eigenvalue weighted by Gasteiger charge is 2.26. The monoisotopic (exact) mass is 351 g/mol. The van der Waals surface area contributed by atoms with E-state index in [9.17, 15) is 14.7 Å². The Morgan fingerprint density at radius 2 is 1.36 bits per heavy atom. The van der Waals surface area contributed by atoms with Gasteiger partial charge in [-0.3, -0.25) is 9.59 Å². The minimum Gasteiger partial charge on any atom is -0.426 e. The van der Waals surface area contributed by atoms with Gasteiger partial charge in [-0.25, -0.2) is 0 Å². The van der Waals surface area contributed by atoms with E-state index < -0.39 is 28.9 Å². The summed E-state index contributed by atoms with van der Waals surface area (Å²) in [4.78, 5) is 24.3. The number of esters is 2. The molecule has 0 amide bonds. The van der Waals surface area contributed by atoms with Crippen molar-refractivity contribution in [2.75, 3.05) is 13.6 Å². The van der Waals surface area contributed by atoms with Crippen LogP contribution in [-0.4, -0.2) is 30.6 Å². The summed E-state index contributed by atoms with van der Waals surface area (Å²) in [7, 11) is 1.72. The molecule has 1 rings (SSSR count). The number of aliphatic hydroxyl groups excluding tert-OH is 1. The summed E-state index contributed by atoms with van der Waals surface area (Å²) < 4.78 is 10.8. The Hall–Kier alpha value is -1.92. The van der Waals surface area contributed by atoms with Crippen LogP contribution in [0.4, 0.5) is 0 Å². The van der Waals surface area contributed by atoms with Crippen LogP contribution < -0.4 is 14.8 Å². The van der Waals surface area contributed by atoms with Crippen LogP contribution in [0, 0.1) is 10.8 Å². The second-order valence-corrected chi connectivity index (χ2v) is 8.09. The van der Waals surface area contributed by atoms with E-state index in [4.69, 9.17) is 9.47 Å². The topological polar surface area (TPSA) is 84.9 Å². The Morgan fingerprint density at radius 1 is 0.960 bits per heavy atom. The summed E-state index contributed by atoms with van der Waals surface area (Å²) in [5.74, 6) is -0.379. The summed E-state index contributed by atoms with van der Waals surface area (Å²) in [6.45, 7) is 10.8. The van der Waals surface area contributed by atoms with E-state index in [1.807, 2.05) is 0 Å². The third-order valence-corrected chi connectivity index (χ3v) is 3.33. The van der Waals surface area contributed by atoms with E-state index in [0.29, 0.717) is 12.1 Å². The lowest BCUT2D eigenvalue weighted by Crippen LogP contribution is -2.27. The van der Waals surface area contributed by atoms with Gasteiger partial charge >= 0.3 is 11.9 Å². The van der Waals surface area contributed by atoms with Crippen molar-refractivity contribution in [3.63, 3.8) is 0 Å². The van der Waals surface area contributed by atoms with E-state index in [0.717, 1.165) is 0 Å². The molecule has 0 heterocycles. The molecule has 0 aliphatic carbocycles. The minimum atomic E-state index is -0.828. The highest BCUT2D eigenvalue weighted by Crippen LogP contribution is 2.30. The fourth-order valence-electron chi connectivity index (χ4n) is 1.74. The van der Waals surface area contributed by atoms with Crippen molar-refractivity contribution in [3.05, 3.63) is 23.8 Å². The van der Waals surface area contributed by atoms with Crippen molar-refractivity contribution in [1.82, 2.24) is 5.32 Å². The molecular formula is C19H29NO5. The van der Waals surface area contributed by atoms with Crippen LogP contribution >= 0.6 is 0 Å². The fourth-order valence-corrected chi connectivity index (χ4v) is 1.74. The molecule has 2 N–H and O–H groups in total. The Labute approximate surface area is 149 Å². The number of nitrogens with one attached hydrogen (secondary N) is 1. The predicted octanol–water partition coefficient (Wildman–Crippen LogP) is 2.84. The molecule has 0 aromatic heterocycles. The fraction of sp³-hybridized carbons (Fsp3) is 0.579. The van der Waals surface area contributed by atoms with Crippen molar-refractivity contribution in [2.45, 2.75) is 47.6 Å². The first-order valence-electron chi connectivity index (χ1n) is 8.27. The van der Waals surface area contributed by atoms with Gasteiger partial charge in [0.2, 0.25) is 0 Å². The summed E-state index contributed by atoms with van der Waals surface area (Å²) in [6, 6.07) is 4.61. The van der Waals surface area contributed by atoms with Gasteiger partial charge in [-0.15, -0.1) is 0 Å². The second-order valence-electron chi connectivity index (χ2n) is 8.09. The predicted molar refractivity (Wildman–Crippen MR) is 95.5 cm³/mol. The minimum absolute atomic E-state index is 0.226. The summed E-state index contributed by atoms with van der Waals surface area (Å²) in [5, 5.41) is 13.1. The van der Waals surface area contributed by atoms with Crippen molar-refractivity contribution in [2.24, 2.45) is 10.8 Å². The second kappa shape index (κ2) is 7.97. The molecule has 0 aliphatic rings. The SMILES string of the molecule is CNCC(O)c1cc(OC(=O)C(C)(C)C)cc(OC(=O)C(C)(C)C)c1. The molecule has 25 heavy (non-hydrogen) atoms. The number of carbonyl (C=O) groups excluding carboxylic acids is 2. The number of rotatable bonds is 5. The van der Waals surface area contributed by atoms with Crippen molar-refractivity contribution in [3.8, 4) is 11.5 Å². The van der Waals surface area contributed by atoms with Crippen LogP contribution in [0.1, 0.15) is 53.2 Å². The Morgan fingerprint density at radius 3 is 1.68 bits per heavy atom. The van der Waals surface area contributed by atoms with E-state index >= 15 is 0 Å². The number of carbonyl (C=O) groups is 2. The van der Waals surface area contributed by atoms with Gasteiger partial charge in [-0.2, -0.15) is 0 Å². The maximum atomic E-state index is 12.1. The molecule has 1 atom stereocenters. The maximum Gasteiger partial charge on any atom is 0.316 e.